The second-order valence-corrected chi connectivity index (χ2v) is 9.98. The SMILES string of the molecule is [2H]C([2H])([2H])c1c[c-]c(-c2ccc(C([2H])([2H])[2H])cn2)cc1.[Ir].c1ccc(-n2c(C3[CH-]Oc4ccc5ccccc5c43)nc3ccccc32)cc1. The van der Waals surface area contributed by atoms with Crippen molar-refractivity contribution in [3.05, 3.63) is 163 Å². The Labute approximate surface area is 273 Å². The fourth-order valence-electron chi connectivity index (χ4n) is 5.34. The molecule has 0 saturated heterocycles. The van der Waals surface area contributed by atoms with Gasteiger partial charge in [-0.3, -0.25) is 4.57 Å². The Morgan fingerprint density at radius 1 is 0.814 bits per heavy atom. The zero-order chi connectivity index (χ0) is 33.5. The molecule has 0 N–H and O–H groups in total. The molecule has 1 atom stereocenters. The van der Waals surface area contributed by atoms with Crippen LogP contribution in [0.5, 0.6) is 5.75 Å². The van der Waals surface area contributed by atoms with Crippen molar-refractivity contribution >= 4 is 21.8 Å². The van der Waals surface area contributed by atoms with Crippen LogP contribution in [-0.4, -0.2) is 14.5 Å². The molecule has 1 aliphatic heterocycles. The summed E-state index contributed by atoms with van der Waals surface area (Å²) in [6.45, 7) is -2.42. The molecule has 0 amide bonds. The number of pyridine rings is 1. The molecule has 0 spiro atoms. The minimum atomic E-state index is -2.18. The number of ether oxygens (including phenoxy) is 1. The van der Waals surface area contributed by atoms with Crippen molar-refractivity contribution in [3.63, 3.8) is 0 Å². The first-order chi connectivity index (χ1) is 23.1. The second kappa shape index (κ2) is 12.3. The molecule has 1 aliphatic rings. The largest absolute Gasteiger partial charge is 0.661 e. The number of aryl methyl sites for hydroxylation is 2. The van der Waals surface area contributed by atoms with E-state index in [4.69, 9.17) is 17.9 Å². The number of aromatic nitrogens is 3. The monoisotopic (exact) mass is 742 g/mol. The number of imidazole rings is 1. The normalized spacial score (nSPS) is 16.1. The van der Waals surface area contributed by atoms with E-state index < -0.39 is 13.7 Å². The van der Waals surface area contributed by atoms with Crippen LogP contribution in [0.15, 0.2) is 128 Å². The van der Waals surface area contributed by atoms with Gasteiger partial charge in [-0.05, 0) is 70.7 Å². The number of hydrogen-bond acceptors (Lipinski definition) is 3. The van der Waals surface area contributed by atoms with E-state index in [2.05, 4.69) is 94.5 Å². The summed E-state index contributed by atoms with van der Waals surface area (Å²) in [5.74, 6) is 1.85. The molecule has 43 heavy (non-hydrogen) atoms. The zero-order valence-electron chi connectivity index (χ0n) is 28.9. The summed E-state index contributed by atoms with van der Waals surface area (Å²) in [5.41, 5.74) is 5.93. The van der Waals surface area contributed by atoms with E-state index in [9.17, 15) is 0 Å². The molecule has 2 aromatic heterocycles. The molecule has 1 unspecified atom stereocenters. The Balaban J connectivity index is 0.000000177. The van der Waals surface area contributed by atoms with E-state index in [1.807, 2.05) is 18.7 Å². The number of rotatable bonds is 3. The molecule has 0 saturated carbocycles. The fourth-order valence-corrected chi connectivity index (χ4v) is 5.34. The van der Waals surface area contributed by atoms with Crippen LogP contribution in [0.1, 0.15) is 36.7 Å². The van der Waals surface area contributed by atoms with Crippen molar-refractivity contribution in [3.8, 4) is 22.7 Å². The molecule has 0 bridgehead atoms. The molecule has 5 aromatic carbocycles. The van der Waals surface area contributed by atoms with E-state index in [0.29, 0.717) is 11.3 Å². The zero-order valence-corrected chi connectivity index (χ0v) is 25.3. The van der Waals surface area contributed by atoms with Gasteiger partial charge in [-0.25, -0.2) is 4.98 Å². The summed E-state index contributed by atoms with van der Waals surface area (Å²) in [7, 11) is 0. The number of benzene rings is 5. The van der Waals surface area contributed by atoms with Gasteiger partial charge < -0.3 is 9.72 Å². The fraction of sp³-hybridized carbons (Fsp3) is 0.0789. The third kappa shape index (κ3) is 5.62. The third-order valence-electron chi connectivity index (χ3n) is 7.30. The molecule has 4 nitrogen and oxygen atoms in total. The van der Waals surface area contributed by atoms with Gasteiger partial charge in [0.2, 0.25) is 0 Å². The Bertz CT molecular complexity index is 2160. The van der Waals surface area contributed by atoms with Crippen LogP contribution in [-0.2, 0) is 20.1 Å². The van der Waals surface area contributed by atoms with Gasteiger partial charge >= 0.3 is 0 Å². The molecule has 0 aliphatic carbocycles. The minimum Gasteiger partial charge on any atom is -0.661 e. The number of para-hydroxylation sites is 3. The summed E-state index contributed by atoms with van der Waals surface area (Å²) in [6.07, 6.45) is 1.30. The van der Waals surface area contributed by atoms with Crippen LogP contribution < -0.4 is 4.74 Å². The van der Waals surface area contributed by atoms with Crippen molar-refractivity contribution in [2.75, 3.05) is 0 Å². The van der Waals surface area contributed by atoms with Crippen molar-refractivity contribution in [2.45, 2.75) is 19.6 Å². The summed E-state index contributed by atoms with van der Waals surface area (Å²) in [4.78, 5) is 9.10. The van der Waals surface area contributed by atoms with Crippen molar-refractivity contribution < 1.29 is 33.1 Å². The maximum atomic E-state index is 7.28. The molecule has 3 heterocycles. The minimum absolute atomic E-state index is 0. The van der Waals surface area contributed by atoms with Crippen LogP contribution in [0.3, 0.4) is 0 Å². The smallest absolute Gasteiger partial charge is 0.0943 e. The Morgan fingerprint density at radius 3 is 2.40 bits per heavy atom. The number of nitrogens with zero attached hydrogens (tertiary/aromatic N) is 3. The standard InChI is InChI=1S/C25H17N2O.C13H12N.Ir/c1-2-9-18(10-3-1)27-22-13-7-6-12-21(22)26-25(27)20-16-28-23-15-14-17-8-4-5-11-19(17)24(20)23;1-10-3-6-12(7-4-10)13-8-5-11(2)9-14-13;/h1-16,20H;3-6,8-9H,1-2H3;/q2*-1;/i;1D3,2D3;. The van der Waals surface area contributed by atoms with E-state index in [0.717, 1.165) is 28.3 Å². The Kier molecular flexibility index (Phi) is 6.33. The summed E-state index contributed by atoms with van der Waals surface area (Å²) in [6, 6.07) is 41.8. The van der Waals surface area contributed by atoms with Gasteiger partial charge in [0, 0.05) is 40.2 Å². The molecule has 5 heteroatoms. The average molecular weight is 742 g/mol. The van der Waals surface area contributed by atoms with Gasteiger partial charge in [-0.1, -0.05) is 79.6 Å². The van der Waals surface area contributed by atoms with Gasteiger partial charge in [0.15, 0.2) is 0 Å². The van der Waals surface area contributed by atoms with E-state index >= 15 is 0 Å². The summed E-state index contributed by atoms with van der Waals surface area (Å²) in [5, 5.41) is 2.43. The second-order valence-electron chi connectivity index (χ2n) is 9.98. The first-order valence-corrected chi connectivity index (χ1v) is 13.6. The molecule has 8 rings (SSSR count). The van der Waals surface area contributed by atoms with Crippen molar-refractivity contribution in [1.29, 1.82) is 0 Å². The van der Waals surface area contributed by atoms with Gasteiger partial charge in [0.05, 0.1) is 22.6 Å². The van der Waals surface area contributed by atoms with Crippen LogP contribution in [0.25, 0.3) is 38.8 Å². The van der Waals surface area contributed by atoms with Gasteiger partial charge in [0.1, 0.15) is 0 Å². The van der Waals surface area contributed by atoms with Crippen LogP contribution in [0.2, 0.25) is 0 Å². The average Bonchev–Trinajstić information content (AvgIpc) is 3.70. The van der Waals surface area contributed by atoms with Crippen LogP contribution in [0, 0.1) is 26.4 Å². The van der Waals surface area contributed by atoms with Gasteiger partial charge in [-0.2, -0.15) is 0 Å². The maximum absolute atomic E-state index is 7.28. The van der Waals surface area contributed by atoms with Crippen molar-refractivity contribution in [1.82, 2.24) is 14.5 Å². The molecular weight excluding hydrogens is 707 g/mol. The molecule has 213 valence electrons. The summed E-state index contributed by atoms with van der Waals surface area (Å²) >= 11 is 0. The van der Waals surface area contributed by atoms with Crippen LogP contribution >= 0.6 is 0 Å². The topological polar surface area (TPSA) is 39.9 Å². The first-order valence-electron chi connectivity index (χ1n) is 16.6. The maximum Gasteiger partial charge on any atom is 0.0943 e. The first kappa shape index (κ1) is 22.0. The predicted octanol–water partition coefficient (Wildman–Crippen LogP) is 9.03. The molecule has 7 aromatic rings. The van der Waals surface area contributed by atoms with Gasteiger partial charge in [0.25, 0.3) is 0 Å². The molecule has 1 radical (unpaired) electrons. The van der Waals surface area contributed by atoms with Gasteiger partial charge in [-0.15, -0.1) is 42.0 Å². The quantitative estimate of drug-likeness (QED) is 0.170. The third-order valence-corrected chi connectivity index (χ3v) is 7.30. The van der Waals surface area contributed by atoms with E-state index in [1.54, 1.807) is 12.1 Å². The predicted molar refractivity (Wildman–Crippen MR) is 170 cm³/mol. The van der Waals surface area contributed by atoms with Crippen molar-refractivity contribution in [2.24, 2.45) is 0 Å². The van der Waals surface area contributed by atoms with Crippen LogP contribution in [0.4, 0.5) is 0 Å². The Hall–Kier alpha value is -4.57. The number of fused-ring (bicyclic) bond motifs is 4. The number of hydrogen-bond donors (Lipinski definition) is 0. The molecule has 0 fully saturated rings. The Morgan fingerprint density at radius 2 is 1.60 bits per heavy atom. The van der Waals surface area contributed by atoms with E-state index in [-0.39, 0.29) is 37.2 Å². The summed E-state index contributed by atoms with van der Waals surface area (Å²) < 4.78 is 51.9. The van der Waals surface area contributed by atoms with E-state index in [1.165, 1.54) is 40.7 Å². The molecular formula is C38H29IrN3O-2.